The van der Waals surface area contributed by atoms with Gasteiger partial charge in [-0.1, -0.05) is 31.0 Å². The first-order valence-corrected chi connectivity index (χ1v) is 15.0. The number of methoxy groups -OCH3 is 1. The van der Waals surface area contributed by atoms with Gasteiger partial charge in [-0.2, -0.15) is 0 Å². The highest BCUT2D eigenvalue weighted by Crippen LogP contribution is 2.34. The van der Waals surface area contributed by atoms with Crippen LogP contribution in [0.15, 0.2) is 59.5 Å². The predicted molar refractivity (Wildman–Crippen MR) is 156 cm³/mol. The van der Waals surface area contributed by atoms with Crippen molar-refractivity contribution in [1.82, 2.24) is 9.29 Å². The molecule has 0 saturated heterocycles. The van der Waals surface area contributed by atoms with Gasteiger partial charge in [-0.15, -0.1) is 0 Å². The quantitative estimate of drug-likeness (QED) is 0.267. The van der Waals surface area contributed by atoms with Gasteiger partial charge in [0, 0.05) is 52.5 Å². The molecule has 0 aliphatic carbocycles. The molecule has 7 nitrogen and oxygen atoms in total. The van der Waals surface area contributed by atoms with Crippen LogP contribution < -0.4 is 15.0 Å². The molecule has 204 valence electrons. The van der Waals surface area contributed by atoms with Gasteiger partial charge in [0.15, 0.2) is 15.6 Å². The molecule has 0 radical (unpaired) electrons. The third-order valence-corrected chi connectivity index (χ3v) is 8.80. The highest BCUT2D eigenvalue weighted by molar-refractivity contribution is 7.98. The summed E-state index contributed by atoms with van der Waals surface area (Å²) in [5.74, 6) is 0.309. The SMILES string of the molecule is CCS(=O)(=O)Cc1ccc(C(=O)c2ccc(OC)cc2)c(-c2cn(C)c(=O)cc2C(C)NSC(C)(C)C)c1. The number of ether oxygens (including phenoxy) is 1. The first kappa shape index (κ1) is 29.7. The number of benzene rings is 2. The standard InChI is InChI=1S/C29H36N2O5S2/c1-8-38(34,35)18-20-9-14-23(28(33)21-10-12-22(36-7)13-11-21)25(15-20)26-17-31(6)27(32)16-24(26)19(2)30-37-29(3,4)5/h9-17,19,30H,8,18H2,1-7H3. The lowest BCUT2D eigenvalue weighted by Gasteiger charge is -2.24. The van der Waals surface area contributed by atoms with E-state index < -0.39 is 9.84 Å². The van der Waals surface area contributed by atoms with Gasteiger partial charge in [-0.05, 0) is 74.7 Å². The zero-order chi connectivity index (χ0) is 28.3. The summed E-state index contributed by atoms with van der Waals surface area (Å²) >= 11 is 1.56. The lowest BCUT2D eigenvalue weighted by atomic mass is 9.89. The average Bonchev–Trinajstić information content (AvgIpc) is 2.87. The van der Waals surface area contributed by atoms with Crippen molar-refractivity contribution in [2.75, 3.05) is 12.9 Å². The van der Waals surface area contributed by atoms with Crippen molar-refractivity contribution in [3.63, 3.8) is 0 Å². The first-order valence-electron chi connectivity index (χ1n) is 12.4. The molecule has 1 heterocycles. The molecular weight excluding hydrogens is 520 g/mol. The molecule has 38 heavy (non-hydrogen) atoms. The van der Waals surface area contributed by atoms with Crippen LogP contribution in [0.4, 0.5) is 0 Å². The van der Waals surface area contributed by atoms with Crippen molar-refractivity contribution in [3.8, 4) is 16.9 Å². The van der Waals surface area contributed by atoms with E-state index in [0.29, 0.717) is 33.6 Å². The van der Waals surface area contributed by atoms with Gasteiger partial charge in [0.05, 0.1) is 12.9 Å². The normalized spacial score (nSPS) is 12.8. The number of ketones is 1. The van der Waals surface area contributed by atoms with Crippen molar-refractivity contribution < 1.29 is 17.9 Å². The van der Waals surface area contributed by atoms with Gasteiger partial charge >= 0.3 is 0 Å². The van der Waals surface area contributed by atoms with Gasteiger partial charge in [0.1, 0.15) is 5.75 Å². The number of nitrogens with one attached hydrogen (secondary N) is 1. The molecule has 1 N–H and O–H groups in total. The van der Waals surface area contributed by atoms with Crippen LogP contribution in [0, 0.1) is 0 Å². The molecule has 3 rings (SSSR count). The van der Waals surface area contributed by atoms with E-state index in [2.05, 4.69) is 25.5 Å². The first-order chi connectivity index (χ1) is 17.7. The van der Waals surface area contributed by atoms with E-state index in [9.17, 15) is 18.0 Å². The van der Waals surface area contributed by atoms with Crippen LogP contribution in [0.1, 0.15) is 67.7 Å². The Balaban J connectivity index is 2.23. The number of nitrogens with zero attached hydrogens (tertiary/aromatic N) is 1. The van der Waals surface area contributed by atoms with Crippen LogP contribution in [0.3, 0.4) is 0 Å². The molecular formula is C29H36N2O5S2. The van der Waals surface area contributed by atoms with Gasteiger partial charge in [-0.3, -0.25) is 14.3 Å². The number of rotatable bonds is 10. The maximum atomic E-state index is 13.7. The molecule has 0 aliphatic rings. The molecule has 0 spiro atoms. The topological polar surface area (TPSA) is 94.5 Å². The number of carbonyl (C=O) groups excluding carboxylic acids is 1. The fourth-order valence-electron chi connectivity index (χ4n) is 3.91. The molecule has 3 aromatic rings. The summed E-state index contributed by atoms with van der Waals surface area (Å²) < 4.78 is 34.9. The Labute approximate surface area is 229 Å². The van der Waals surface area contributed by atoms with Gasteiger partial charge in [0.25, 0.3) is 5.56 Å². The summed E-state index contributed by atoms with van der Waals surface area (Å²) in [5.41, 5.74) is 3.29. The Morgan fingerprint density at radius 2 is 1.74 bits per heavy atom. The molecule has 0 saturated carbocycles. The largest absolute Gasteiger partial charge is 0.497 e. The Morgan fingerprint density at radius 3 is 2.32 bits per heavy atom. The summed E-state index contributed by atoms with van der Waals surface area (Å²) in [6.07, 6.45) is 1.72. The second-order valence-corrected chi connectivity index (χ2v) is 14.3. The number of hydrogen-bond donors (Lipinski definition) is 1. The second kappa shape index (κ2) is 11.9. The predicted octanol–water partition coefficient (Wildman–Crippen LogP) is 5.32. The summed E-state index contributed by atoms with van der Waals surface area (Å²) in [5, 5.41) is 0. The number of hydrogen-bond acceptors (Lipinski definition) is 7. The average molecular weight is 557 g/mol. The van der Waals surface area contributed by atoms with Crippen LogP contribution in [0.5, 0.6) is 5.75 Å². The number of carbonyl (C=O) groups is 1. The smallest absolute Gasteiger partial charge is 0.250 e. The van der Waals surface area contributed by atoms with Crippen molar-refractivity contribution in [2.45, 2.75) is 51.2 Å². The molecule has 1 aromatic heterocycles. The number of pyridine rings is 1. The minimum Gasteiger partial charge on any atom is -0.497 e. The highest BCUT2D eigenvalue weighted by Gasteiger charge is 2.23. The number of aryl methyl sites for hydroxylation is 1. The third-order valence-electron chi connectivity index (χ3n) is 6.07. The van der Waals surface area contributed by atoms with Gasteiger partial charge in [-0.25, -0.2) is 8.42 Å². The van der Waals surface area contributed by atoms with Crippen molar-refractivity contribution in [3.05, 3.63) is 87.3 Å². The summed E-state index contributed by atoms with van der Waals surface area (Å²) in [6, 6.07) is 13.3. The van der Waals surface area contributed by atoms with E-state index in [-0.39, 0.29) is 33.6 Å². The molecule has 0 bridgehead atoms. The maximum Gasteiger partial charge on any atom is 0.250 e. The molecule has 2 aromatic carbocycles. The third kappa shape index (κ3) is 7.36. The summed E-state index contributed by atoms with van der Waals surface area (Å²) in [4.78, 5) is 26.4. The van der Waals surface area contributed by atoms with Crippen LogP contribution in [0.25, 0.3) is 11.1 Å². The zero-order valence-corrected chi connectivity index (χ0v) is 24.6. The molecule has 0 aliphatic heterocycles. The van der Waals surface area contributed by atoms with E-state index in [1.807, 2.05) is 6.92 Å². The Kier molecular flexibility index (Phi) is 9.28. The van der Waals surface area contributed by atoms with Crippen molar-refractivity contribution in [2.24, 2.45) is 7.05 Å². The number of aromatic nitrogens is 1. The van der Waals surface area contributed by atoms with Crippen molar-refractivity contribution >= 4 is 27.6 Å². The fourth-order valence-corrected chi connectivity index (χ4v) is 5.46. The molecule has 0 amide bonds. The molecule has 0 fully saturated rings. The van der Waals surface area contributed by atoms with Crippen LogP contribution in [-0.4, -0.2) is 36.4 Å². The molecule has 1 unspecified atom stereocenters. The van der Waals surface area contributed by atoms with E-state index in [1.54, 1.807) is 87.8 Å². The fraction of sp³-hybridized carbons (Fsp3) is 0.379. The van der Waals surface area contributed by atoms with E-state index >= 15 is 0 Å². The molecule has 9 heteroatoms. The van der Waals surface area contributed by atoms with Crippen molar-refractivity contribution in [1.29, 1.82) is 0 Å². The maximum absolute atomic E-state index is 13.7. The van der Waals surface area contributed by atoms with Crippen LogP contribution >= 0.6 is 11.9 Å². The van der Waals surface area contributed by atoms with E-state index in [1.165, 1.54) is 4.57 Å². The second-order valence-electron chi connectivity index (χ2n) is 10.3. The summed E-state index contributed by atoms with van der Waals surface area (Å²) in [6.45, 7) is 9.85. The van der Waals surface area contributed by atoms with E-state index in [0.717, 1.165) is 5.56 Å². The minimum absolute atomic E-state index is 0.0188. The van der Waals surface area contributed by atoms with E-state index in [4.69, 9.17) is 4.74 Å². The Bertz CT molecular complexity index is 1470. The van der Waals surface area contributed by atoms with Crippen LogP contribution in [0.2, 0.25) is 0 Å². The lowest BCUT2D eigenvalue weighted by molar-refractivity contribution is 0.103. The number of sulfone groups is 1. The zero-order valence-electron chi connectivity index (χ0n) is 23.0. The minimum atomic E-state index is -3.30. The Hall–Kier alpha value is -2.88. The van der Waals surface area contributed by atoms with Gasteiger partial charge in [0.2, 0.25) is 0 Å². The van der Waals surface area contributed by atoms with Crippen LogP contribution in [-0.2, 0) is 22.6 Å². The van der Waals surface area contributed by atoms with Gasteiger partial charge < -0.3 is 9.30 Å². The lowest BCUT2D eigenvalue weighted by Crippen LogP contribution is -2.24. The Morgan fingerprint density at radius 1 is 1.08 bits per heavy atom. The molecule has 1 atom stereocenters. The summed E-state index contributed by atoms with van der Waals surface area (Å²) in [7, 11) is -0.0779. The monoisotopic (exact) mass is 556 g/mol. The highest BCUT2D eigenvalue weighted by atomic mass is 32.2.